The molecule has 0 bridgehead atoms. The van der Waals surface area contributed by atoms with E-state index < -0.39 is 20.9 Å². The van der Waals surface area contributed by atoms with Gasteiger partial charge in [0.05, 0.1) is 15.4 Å². The molecule has 158 valence electrons. The third kappa shape index (κ3) is 4.32. The van der Waals surface area contributed by atoms with E-state index in [1.807, 2.05) is 24.3 Å². The van der Waals surface area contributed by atoms with E-state index >= 15 is 0 Å². The van der Waals surface area contributed by atoms with Crippen LogP contribution in [0.4, 0.5) is 5.69 Å². The number of nitrogens with zero attached hydrogens (tertiary/aromatic N) is 2. The van der Waals surface area contributed by atoms with Crippen LogP contribution in [0.25, 0.3) is 0 Å². The number of carbonyl (C=O) groups is 1. The van der Waals surface area contributed by atoms with Gasteiger partial charge in [0.15, 0.2) is 0 Å². The summed E-state index contributed by atoms with van der Waals surface area (Å²) >= 11 is 0. The summed E-state index contributed by atoms with van der Waals surface area (Å²) in [5.41, 5.74) is 2.04. The maximum atomic E-state index is 13.1. The fraction of sp³-hybridized carbons (Fsp3) is 0.136. The van der Waals surface area contributed by atoms with Crippen molar-refractivity contribution in [3.05, 3.63) is 99.6 Å². The highest BCUT2D eigenvalue weighted by atomic mass is 32.2. The molecule has 3 aromatic rings. The monoisotopic (exact) mass is 438 g/mol. The summed E-state index contributed by atoms with van der Waals surface area (Å²) < 4.78 is 32.9. The Hall–Kier alpha value is -3.56. The molecule has 0 fully saturated rings. The Kier molecular flexibility index (Phi) is 5.53. The van der Waals surface area contributed by atoms with Crippen LogP contribution in [0.5, 0.6) is 5.75 Å². The molecule has 0 radical (unpaired) electrons. The maximum absolute atomic E-state index is 13.1. The summed E-state index contributed by atoms with van der Waals surface area (Å²) in [4.78, 5) is 22.7. The number of non-ortho nitro benzene ring substituents is 1. The van der Waals surface area contributed by atoms with Gasteiger partial charge in [0, 0.05) is 25.2 Å². The van der Waals surface area contributed by atoms with E-state index in [1.165, 1.54) is 52.8 Å². The highest BCUT2D eigenvalue weighted by Gasteiger charge is 2.28. The number of hydrogen-bond donors (Lipinski definition) is 0. The Bertz CT molecular complexity index is 1260. The zero-order valence-corrected chi connectivity index (χ0v) is 17.1. The van der Waals surface area contributed by atoms with Gasteiger partial charge < -0.3 is 4.74 Å². The quantitative estimate of drug-likeness (QED) is 0.261. The third-order valence-electron chi connectivity index (χ3n) is 5.06. The lowest BCUT2D eigenvalue weighted by atomic mass is 10.0. The van der Waals surface area contributed by atoms with Crippen molar-refractivity contribution in [3.8, 4) is 5.75 Å². The molecule has 1 aliphatic heterocycles. The zero-order valence-electron chi connectivity index (χ0n) is 16.3. The van der Waals surface area contributed by atoms with Crippen molar-refractivity contribution < 1.29 is 22.9 Å². The predicted molar refractivity (Wildman–Crippen MR) is 112 cm³/mol. The van der Waals surface area contributed by atoms with E-state index in [4.69, 9.17) is 4.74 Å². The van der Waals surface area contributed by atoms with Gasteiger partial charge in [-0.2, -0.15) is 4.31 Å². The summed E-state index contributed by atoms with van der Waals surface area (Å²) in [6.07, 6.45) is 0.622. The summed E-state index contributed by atoms with van der Waals surface area (Å²) in [7, 11) is -3.80. The van der Waals surface area contributed by atoms with Crippen LogP contribution in [-0.4, -0.2) is 30.2 Å². The molecule has 31 heavy (non-hydrogen) atoms. The summed E-state index contributed by atoms with van der Waals surface area (Å²) in [6, 6.07) is 18.4. The molecular weight excluding hydrogens is 420 g/mol. The number of esters is 1. The van der Waals surface area contributed by atoms with E-state index in [0.29, 0.717) is 13.0 Å². The van der Waals surface area contributed by atoms with Crippen LogP contribution in [0.1, 0.15) is 21.5 Å². The van der Waals surface area contributed by atoms with E-state index in [1.54, 1.807) is 0 Å². The average molecular weight is 438 g/mol. The number of carbonyl (C=O) groups excluding carboxylic acids is 1. The van der Waals surface area contributed by atoms with Crippen molar-refractivity contribution in [3.63, 3.8) is 0 Å². The molecule has 0 aromatic heterocycles. The lowest BCUT2D eigenvalue weighted by Gasteiger charge is -2.28. The van der Waals surface area contributed by atoms with Gasteiger partial charge in [0.2, 0.25) is 10.0 Å². The van der Waals surface area contributed by atoms with Gasteiger partial charge in [-0.3, -0.25) is 10.1 Å². The van der Waals surface area contributed by atoms with Gasteiger partial charge in [-0.25, -0.2) is 13.2 Å². The molecule has 0 spiro atoms. The molecule has 0 saturated carbocycles. The molecule has 0 unspecified atom stereocenters. The van der Waals surface area contributed by atoms with Gasteiger partial charge in [-0.1, -0.05) is 30.3 Å². The van der Waals surface area contributed by atoms with Crippen molar-refractivity contribution in [2.75, 3.05) is 6.54 Å². The normalized spacial score (nSPS) is 13.9. The lowest BCUT2D eigenvalue weighted by Crippen LogP contribution is -2.36. The lowest BCUT2D eigenvalue weighted by molar-refractivity contribution is -0.384. The predicted octanol–water partition coefficient (Wildman–Crippen LogP) is 3.56. The highest BCUT2D eigenvalue weighted by molar-refractivity contribution is 7.89. The number of fused-ring (bicyclic) bond motifs is 1. The van der Waals surface area contributed by atoms with E-state index in [0.717, 1.165) is 11.1 Å². The third-order valence-corrected chi connectivity index (χ3v) is 6.90. The van der Waals surface area contributed by atoms with Crippen LogP contribution >= 0.6 is 0 Å². The van der Waals surface area contributed by atoms with E-state index in [2.05, 4.69) is 0 Å². The first-order valence-electron chi connectivity index (χ1n) is 9.48. The Labute approximate surface area is 178 Å². The zero-order chi connectivity index (χ0) is 22.0. The minimum absolute atomic E-state index is 0.00466. The van der Waals surface area contributed by atoms with Gasteiger partial charge in [0.25, 0.3) is 5.69 Å². The smallest absolute Gasteiger partial charge is 0.343 e. The van der Waals surface area contributed by atoms with Crippen LogP contribution < -0.4 is 4.74 Å². The largest absolute Gasteiger partial charge is 0.423 e. The number of nitro benzene ring substituents is 1. The molecule has 1 heterocycles. The van der Waals surface area contributed by atoms with E-state index in [9.17, 15) is 23.3 Å². The SMILES string of the molecule is O=C(Oc1ccc([N+](=O)[O-])cc1)c1cccc(S(=O)(=O)N2CCc3ccccc3C2)c1. The van der Waals surface area contributed by atoms with Gasteiger partial charge in [-0.05, 0) is 47.9 Å². The highest BCUT2D eigenvalue weighted by Crippen LogP contribution is 2.26. The van der Waals surface area contributed by atoms with Crippen LogP contribution in [0.3, 0.4) is 0 Å². The van der Waals surface area contributed by atoms with Crippen LogP contribution in [-0.2, 0) is 23.0 Å². The standard InChI is InChI=1S/C22H18N2O6S/c25-22(30-20-10-8-19(9-11-20)24(26)27)17-6-3-7-21(14-17)31(28,29)23-13-12-16-4-1-2-5-18(16)15-23/h1-11,14H,12-13,15H2. The Balaban J connectivity index is 1.53. The van der Waals surface area contributed by atoms with Crippen molar-refractivity contribution >= 4 is 21.7 Å². The minimum atomic E-state index is -3.80. The van der Waals surface area contributed by atoms with Crippen molar-refractivity contribution in [2.24, 2.45) is 0 Å². The van der Waals surface area contributed by atoms with Crippen molar-refractivity contribution in [2.45, 2.75) is 17.9 Å². The Morgan fingerprint density at radius 3 is 2.39 bits per heavy atom. The molecule has 9 heteroatoms. The molecule has 8 nitrogen and oxygen atoms in total. The molecule has 0 atom stereocenters. The number of nitro groups is 1. The number of ether oxygens (including phenoxy) is 1. The molecule has 3 aromatic carbocycles. The summed E-state index contributed by atoms with van der Waals surface area (Å²) in [5.74, 6) is -0.633. The Morgan fingerprint density at radius 1 is 0.968 bits per heavy atom. The van der Waals surface area contributed by atoms with Crippen molar-refractivity contribution in [1.82, 2.24) is 4.31 Å². The van der Waals surface area contributed by atoms with Crippen LogP contribution in [0, 0.1) is 10.1 Å². The fourth-order valence-corrected chi connectivity index (χ4v) is 4.87. The number of sulfonamides is 1. The van der Waals surface area contributed by atoms with Gasteiger partial charge >= 0.3 is 5.97 Å². The first-order chi connectivity index (χ1) is 14.8. The molecule has 4 rings (SSSR count). The first kappa shape index (κ1) is 20.7. The second-order valence-corrected chi connectivity index (χ2v) is 8.96. The summed E-state index contributed by atoms with van der Waals surface area (Å²) in [5, 5.41) is 10.7. The Morgan fingerprint density at radius 2 is 1.68 bits per heavy atom. The molecule has 0 aliphatic carbocycles. The topological polar surface area (TPSA) is 107 Å². The second kappa shape index (κ2) is 8.29. The second-order valence-electron chi connectivity index (χ2n) is 7.03. The molecule has 1 aliphatic rings. The number of hydrogen-bond acceptors (Lipinski definition) is 6. The molecule has 0 amide bonds. The first-order valence-corrected chi connectivity index (χ1v) is 10.9. The maximum Gasteiger partial charge on any atom is 0.343 e. The fourth-order valence-electron chi connectivity index (χ4n) is 3.41. The number of rotatable bonds is 5. The van der Waals surface area contributed by atoms with E-state index in [-0.39, 0.29) is 28.4 Å². The minimum Gasteiger partial charge on any atom is -0.423 e. The molecule has 0 N–H and O–H groups in total. The average Bonchev–Trinajstić information content (AvgIpc) is 2.79. The van der Waals surface area contributed by atoms with Gasteiger partial charge in [0.1, 0.15) is 5.75 Å². The van der Waals surface area contributed by atoms with Gasteiger partial charge in [-0.15, -0.1) is 0 Å². The number of benzene rings is 3. The van der Waals surface area contributed by atoms with Crippen LogP contribution in [0.15, 0.2) is 77.7 Å². The van der Waals surface area contributed by atoms with Crippen LogP contribution in [0.2, 0.25) is 0 Å². The van der Waals surface area contributed by atoms with Crippen molar-refractivity contribution in [1.29, 1.82) is 0 Å². The molecule has 0 saturated heterocycles. The summed E-state index contributed by atoms with van der Waals surface area (Å²) in [6.45, 7) is 0.632. The molecular formula is C22H18N2O6S.